The third-order valence-electron chi connectivity index (χ3n) is 3.47. The molecule has 0 aromatic heterocycles. The van der Waals surface area contributed by atoms with Gasteiger partial charge >= 0.3 is 0 Å². The smallest absolute Gasteiger partial charge is 0.251 e. The summed E-state index contributed by atoms with van der Waals surface area (Å²) in [5.41, 5.74) is 2.23. The molecule has 0 saturated heterocycles. The molecule has 21 heavy (non-hydrogen) atoms. The number of nitrogens with one attached hydrogen (secondary N) is 3. The monoisotopic (exact) mass is 305 g/mol. The highest BCUT2D eigenvalue weighted by Crippen LogP contribution is 2.36. The van der Waals surface area contributed by atoms with Gasteiger partial charge < -0.3 is 25.4 Å². The number of carbonyl (C=O) groups excluding carboxylic acids is 1. The van der Waals surface area contributed by atoms with Crippen LogP contribution in [0.25, 0.3) is 0 Å². The summed E-state index contributed by atoms with van der Waals surface area (Å²) in [7, 11) is 1.60. The molecule has 0 fully saturated rings. The number of thiocarbonyl (C=S) groups is 1. The van der Waals surface area contributed by atoms with Crippen molar-refractivity contribution in [2.24, 2.45) is 0 Å². The van der Waals surface area contributed by atoms with Crippen molar-refractivity contribution >= 4 is 23.2 Å². The Balaban J connectivity index is 2.04. The van der Waals surface area contributed by atoms with Crippen LogP contribution >= 0.6 is 12.2 Å². The maximum atomic E-state index is 12.2. The average molecular weight is 305 g/mol. The van der Waals surface area contributed by atoms with Gasteiger partial charge in [0.1, 0.15) is 0 Å². The summed E-state index contributed by atoms with van der Waals surface area (Å²) < 4.78 is 10.7. The predicted molar refractivity (Wildman–Crippen MR) is 80.9 cm³/mol. The van der Waals surface area contributed by atoms with Crippen LogP contribution in [-0.4, -0.2) is 24.9 Å². The van der Waals surface area contributed by atoms with Crippen LogP contribution in [0.2, 0.25) is 0 Å². The first-order valence-electron chi connectivity index (χ1n) is 6.50. The summed E-state index contributed by atoms with van der Waals surface area (Å²) in [6, 6.07) is 5.27. The summed E-state index contributed by atoms with van der Waals surface area (Å²) in [5.74, 6) is 1.22. The van der Waals surface area contributed by atoms with Crippen molar-refractivity contribution in [2.75, 3.05) is 13.8 Å². The van der Waals surface area contributed by atoms with Crippen LogP contribution in [0, 0.1) is 0 Å². The highest BCUT2D eigenvalue weighted by atomic mass is 32.1. The van der Waals surface area contributed by atoms with Crippen molar-refractivity contribution in [1.82, 2.24) is 16.0 Å². The molecule has 0 aliphatic carbocycles. The SMILES string of the molecule is CNC(=O)C1=C(C)NC(=S)NC1c1ccc2c(c1)OCO2. The van der Waals surface area contributed by atoms with E-state index in [9.17, 15) is 4.79 Å². The molecular formula is C14H15N3O3S. The second kappa shape index (κ2) is 5.25. The lowest BCUT2D eigenvalue weighted by Crippen LogP contribution is -2.46. The largest absolute Gasteiger partial charge is 0.454 e. The molecule has 110 valence electrons. The molecule has 1 amide bonds. The summed E-state index contributed by atoms with van der Waals surface area (Å²) in [5, 5.41) is 9.25. The zero-order chi connectivity index (χ0) is 15.0. The van der Waals surface area contributed by atoms with Gasteiger partial charge in [0.2, 0.25) is 6.79 Å². The summed E-state index contributed by atoms with van der Waals surface area (Å²) >= 11 is 5.19. The van der Waals surface area contributed by atoms with Gasteiger partial charge in [-0.1, -0.05) is 6.07 Å². The van der Waals surface area contributed by atoms with Gasteiger partial charge in [0.05, 0.1) is 11.6 Å². The third-order valence-corrected chi connectivity index (χ3v) is 3.69. The Morgan fingerprint density at radius 3 is 2.90 bits per heavy atom. The van der Waals surface area contributed by atoms with E-state index < -0.39 is 0 Å². The Kier molecular flexibility index (Phi) is 3.42. The van der Waals surface area contributed by atoms with Crippen LogP contribution in [-0.2, 0) is 4.79 Å². The number of likely N-dealkylation sites (N-methyl/N-ethyl adjacent to an activating group) is 1. The fraction of sp³-hybridized carbons (Fsp3) is 0.286. The number of fused-ring (bicyclic) bond motifs is 1. The summed E-state index contributed by atoms with van der Waals surface area (Å²) in [4.78, 5) is 12.2. The van der Waals surface area contributed by atoms with Crippen molar-refractivity contribution in [3.8, 4) is 11.5 Å². The first-order chi connectivity index (χ1) is 10.1. The highest BCUT2D eigenvalue weighted by molar-refractivity contribution is 7.80. The van der Waals surface area contributed by atoms with Crippen molar-refractivity contribution in [1.29, 1.82) is 0 Å². The normalized spacial score (nSPS) is 19.9. The molecule has 1 atom stereocenters. The Labute approximate surface area is 127 Å². The number of carbonyl (C=O) groups is 1. The molecule has 6 nitrogen and oxygen atoms in total. The molecule has 2 aliphatic heterocycles. The molecule has 7 heteroatoms. The Bertz CT molecular complexity index is 657. The first kappa shape index (κ1) is 13.7. The molecule has 2 heterocycles. The lowest BCUT2D eigenvalue weighted by Gasteiger charge is -2.30. The van der Waals surface area contributed by atoms with Crippen molar-refractivity contribution in [3.63, 3.8) is 0 Å². The zero-order valence-corrected chi connectivity index (χ0v) is 12.5. The fourth-order valence-corrected chi connectivity index (χ4v) is 2.74. The van der Waals surface area contributed by atoms with E-state index in [0.29, 0.717) is 22.2 Å². The van der Waals surface area contributed by atoms with E-state index in [-0.39, 0.29) is 18.7 Å². The van der Waals surface area contributed by atoms with Gasteiger partial charge in [-0.15, -0.1) is 0 Å². The molecule has 1 unspecified atom stereocenters. The molecule has 0 bridgehead atoms. The van der Waals surface area contributed by atoms with Crippen LogP contribution in [0.5, 0.6) is 11.5 Å². The molecule has 3 N–H and O–H groups in total. The van der Waals surface area contributed by atoms with Gasteiger partial charge in [-0.2, -0.15) is 0 Å². The van der Waals surface area contributed by atoms with Gasteiger partial charge in [-0.25, -0.2) is 0 Å². The number of amides is 1. The van der Waals surface area contributed by atoms with E-state index >= 15 is 0 Å². The number of ether oxygens (including phenoxy) is 2. The number of rotatable bonds is 2. The number of hydrogen-bond acceptors (Lipinski definition) is 4. The molecule has 1 aromatic carbocycles. The minimum atomic E-state index is -0.326. The Morgan fingerprint density at radius 2 is 2.14 bits per heavy atom. The second-order valence-corrected chi connectivity index (χ2v) is 5.17. The van der Waals surface area contributed by atoms with E-state index in [2.05, 4.69) is 16.0 Å². The second-order valence-electron chi connectivity index (χ2n) is 4.76. The number of allylic oxidation sites excluding steroid dienone is 1. The van der Waals surface area contributed by atoms with Gasteiger partial charge in [-0.05, 0) is 36.8 Å². The topological polar surface area (TPSA) is 71.6 Å². The van der Waals surface area contributed by atoms with Crippen molar-refractivity contribution < 1.29 is 14.3 Å². The minimum Gasteiger partial charge on any atom is -0.454 e. The van der Waals surface area contributed by atoms with E-state index in [0.717, 1.165) is 11.3 Å². The summed E-state index contributed by atoms with van der Waals surface area (Å²) in [6.45, 7) is 2.05. The average Bonchev–Trinajstić information content (AvgIpc) is 2.93. The lowest BCUT2D eigenvalue weighted by molar-refractivity contribution is -0.117. The predicted octanol–water partition coefficient (Wildman–Crippen LogP) is 0.954. The zero-order valence-electron chi connectivity index (χ0n) is 11.6. The molecular weight excluding hydrogens is 290 g/mol. The van der Waals surface area contributed by atoms with Gasteiger partial charge in [0.25, 0.3) is 5.91 Å². The van der Waals surface area contributed by atoms with Crippen LogP contribution < -0.4 is 25.4 Å². The maximum Gasteiger partial charge on any atom is 0.251 e. The van der Waals surface area contributed by atoms with Crippen molar-refractivity contribution in [3.05, 3.63) is 35.0 Å². The number of benzene rings is 1. The van der Waals surface area contributed by atoms with Crippen LogP contribution in [0.3, 0.4) is 0 Å². The van der Waals surface area contributed by atoms with E-state index in [1.54, 1.807) is 7.05 Å². The minimum absolute atomic E-state index is 0.155. The van der Waals surface area contributed by atoms with Gasteiger partial charge in [0.15, 0.2) is 16.6 Å². The van der Waals surface area contributed by atoms with Crippen molar-refractivity contribution in [2.45, 2.75) is 13.0 Å². The van der Waals surface area contributed by atoms with E-state index in [1.165, 1.54) is 0 Å². The molecule has 0 radical (unpaired) electrons. The summed E-state index contributed by atoms with van der Waals surface area (Å²) in [6.07, 6.45) is 0. The first-order valence-corrected chi connectivity index (χ1v) is 6.91. The standard InChI is InChI=1S/C14H15N3O3S/c1-7-11(13(18)15-2)12(17-14(21)16-7)8-3-4-9-10(5-8)20-6-19-9/h3-5,12H,6H2,1-2H3,(H,15,18)(H2,16,17,21). The van der Waals surface area contributed by atoms with Crippen LogP contribution in [0.15, 0.2) is 29.5 Å². The van der Waals surface area contributed by atoms with E-state index in [4.69, 9.17) is 21.7 Å². The fourth-order valence-electron chi connectivity index (χ4n) is 2.47. The molecule has 0 spiro atoms. The molecule has 0 saturated carbocycles. The third kappa shape index (κ3) is 2.40. The van der Waals surface area contributed by atoms with E-state index in [1.807, 2.05) is 25.1 Å². The molecule has 2 aliphatic rings. The Hall–Kier alpha value is -2.28. The molecule has 1 aromatic rings. The lowest BCUT2D eigenvalue weighted by atomic mass is 9.94. The van der Waals surface area contributed by atoms with Gasteiger partial charge in [-0.3, -0.25) is 4.79 Å². The van der Waals surface area contributed by atoms with Crippen LogP contribution in [0.4, 0.5) is 0 Å². The quantitative estimate of drug-likeness (QED) is 0.707. The Morgan fingerprint density at radius 1 is 1.38 bits per heavy atom. The molecule has 3 rings (SSSR count). The highest BCUT2D eigenvalue weighted by Gasteiger charge is 2.30. The van der Waals surface area contributed by atoms with Crippen LogP contribution in [0.1, 0.15) is 18.5 Å². The maximum absolute atomic E-state index is 12.2. The number of hydrogen-bond donors (Lipinski definition) is 3. The van der Waals surface area contributed by atoms with Gasteiger partial charge in [0, 0.05) is 12.7 Å².